The molecule has 0 saturated heterocycles. The van der Waals surface area contributed by atoms with Crippen molar-refractivity contribution >= 4 is 34.1 Å². The first-order chi connectivity index (χ1) is 12.1. The molecule has 0 saturated carbocycles. The summed E-state index contributed by atoms with van der Waals surface area (Å²) in [7, 11) is 1.66. The highest BCUT2D eigenvalue weighted by molar-refractivity contribution is 7.13. The Labute approximate surface area is 148 Å². The van der Waals surface area contributed by atoms with Crippen molar-refractivity contribution in [1.82, 2.24) is 14.9 Å². The van der Waals surface area contributed by atoms with E-state index in [1.54, 1.807) is 12.5 Å². The summed E-state index contributed by atoms with van der Waals surface area (Å²) in [6.45, 7) is 1.05. The van der Waals surface area contributed by atoms with Crippen molar-refractivity contribution in [3.8, 4) is 10.7 Å². The van der Waals surface area contributed by atoms with Gasteiger partial charge in [-0.3, -0.25) is 9.59 Å². The Balaban J connectivity index is 1.93. The number of hydrogen-bond acceptors (Lipinski definition) is 5. The van der Waals surface area contributed by atoms with Crippen molar-refractivity contribution in [3.63, 3.8) is 0 Å². The number of primary amides is 1. The number of carbonyl (C=O) groups is 2. The number of methoxy groups -OCH3 is 1. The van der Waals surface area contributed by atoms with E-state index in [1.165, 1.54) is 11.3 Å². The molecule has 0 aliphatic carbocycles. The third-order valence-electron chi connectivity index (χ3n) is 3.71. The number of ether oxygens (including phenoxy) is 1. The number of nitrogens with two attached hydrogens (primary N) is 1. The summed E-state index contributed by atoms with van der Waals surface area (Å²) in [5, 5.41) is 5.95. The first-order valence-electron chi connectivity index (χ1n) is 7.69. The summed E-state index contributed by atoms with van der Waals surface area (Å²) in [6.07, 6.45) is 0. The Morgan fingerprint density at radius 1 is 1.36 bits per heavy atom. The summed E-state index contributed by atoms with van der Waals surface area (Å²) in [5.41, 5.74) is 7.32. The van der Waals surface area contributed by atoms with Crippen LogP contribution in [0.5, 0.6) is 0 Å². The number of aromatic nitrogens is 2. The van der Waals surface area contributed by atoms with E-state index in [-0.39, 0.29) is 12.2 Å². The molecule has 2 heterocycles. The van der Waals surface area contributed by atoms with Gasteiger partial charge in [-0.05, 0) is 12.1 Å². The number of rotatable bonds is 7. The topological polar surface area (TPSA) is 99.2 Å². The van der Waals surface area contributed by atoms with Gasteiger partial charge in [0.25, 0.3) is 5.91 Å². The molecule has 0 bridgehead atoms. The summed E-state index contributed by atoms with van der Waals surface area (Å²) in [5.74, 6) is -1.01. The predicted octanol–water partition coefficient (Wildman–Crippen LogP) is 1.63. The van der Waals surface area contributed by atoms with E-state index in [0.717, 1.165) is 21.6 Å². The lowest BCUT2D eigenvalue weighted by Crippen LogP contribution is -2.33. The Morgan fingerprint density at radius 2 is 2.16 bits per heavy atom. The maximum atomic E-state index is 12.0. The molecule has 130 valence electrons. The molecule has 1 aromatic carbocycles. The number of amides is 2. The van der Waals surface area contributed by atoms with Crippen molar-refractivity contribution < 1.29 is 14.3 Å². The smallest absolute Gasteiger partial charge is 0.271 e. The molecule has 8 heteroatoms. The minimum Gasteiger partial charge on any atom is -0.383 e. The molecule has 0 atom stereocenters. The van der Waals surface area contributed by atoms with Gasteiger partial charge < -0.3 is 20.4 Å². The van der Waals surface area contributed by atoms with Crippen LogP contribution in [0.3, 0.4) is 0 Å². The van der Waals surface area contributed by atoms with Crippen LogP contribution in [-0.2, 0) is 16.1 Å². The molecule has 25 heavy (non-hydrogen) atoms. The molecular formula is C17H18N4O3S. The van der Waals surface area contributed by atoms with Crippen LogP contribution in [0.15, 0.2) is 35.7 Å². The molecule has 3 rings (SSSR count). The van der Waals surface area contributed by atoms with Crippen molar-refractivity contribution in [2.24, 2.45) is 5.73 Å². The van der Waals surface area contributed by atoms with Crippen LogP contribution in [-0.4, -0.2) is 41.6 Å². The largest absolute Gasteiger partial charge is 0.383 e. The molecule has 2 amide bonds. The van der Waals surface area contributed by atoms with Crippen molar-refractivity contribution in [2.45, 2.75) is 6.54 Å². The van der Waals surface area contributed by atoms with Gasteiger partial charge in [-0.2, -0.15) is 0 Å². The van der Waals surface area contributed by atoms with Crippen LogP contribution in [0.4, 0.5) is 0 Å². The average molecular weight is 358 g/mol. The molecule has 2 aromatic heterocycles. The number of thiazole rings is 1. The number of fused-ring (bicyclic) bond motifs is 1. The van der Waals surface area contributed by atoms with Crippen LogP contribution in [0.25, 0.3) is 21.6 Å². The fraction of sp³-hybridized carbons (Fsp3) is 0.235. The molecule has 0 fully saturated rings. The summed E-state index contributed by atoms with van der Waals surface area (Å²) >= 11 is 1.38. The molecule has 3 N–H and O–H groups in total. The van der Waals surface area contributed by atoms with E-state index < -0.39 is 11.8 Å². The highest BCUT2D eigenvalue weighted by Crippen LogP contribution is 2.30. The third-order valence-corrected chi connectivity index (χ3v) is 4.57. The normalized spacial score (nSPS) is 10.9. The van der Waals surface area contributed by atoms with Gasteiger partial charge in [-0.15, -0.1) is 11.3 Å². The maximum absolute atomic E-state index is 12.0. The molecular weight excluding hydrogens is 340 g/mol. The Hall–Kier alpha value is -2.71. The molecule has 3 aromatic rings. The van der Waals surface area contributed by atoms with Gasteiger partial charge in [0.2, 0.25) is 5.91 Å². The molecule has 0 radical (unpaired) electrons. The molecule has 0 unspecified atom stereocenters. The lowest BCUT2D eigenvalue weighted by atomic mass is 10.2. The highest BCUT2D eigenvalue weighted by Gasteiger charge is 2.16. The van der Waals surface area contributed by atoms with E-state index >= 15 is 0 Å². The summed E-state index contributed by atoms with van der Waals surface area (Å²) in [4.78, 5) is 27.2. The van der Waals surface area contributed by atoms with Crippen molar-refractivity contribution in [1.29, 1.82) is 0 Å². The lowest BCUT2D eigenvalue weighted by Gasteiger charge is -2.08. The monoisotopic (exact) mass is 358 g/mol. The second-order valence-corrected chi connectivity index (χ2v) is 6.28. The van der Waals surface area contributed by atoms with Crippen molar-refractivity contribution in [2.75, 3.05) is 20.3 Å². The van der Waals surface area contributed by atoms with Gasteiger partial charge >= 0.3 is 0 Å². The second kappa shape index (κ2) is 7.45. The van der Waals surface area contributed by atoms with Gasteiger partial charge in [0, 0.05) is 29.9 Å². The fourth-order valence-electron chi connectivity index (χ4n) is 2.56. The Morgan fingerprint density at radius 3 is 2.92 bits per heavy atom. The molecule has 0 aliphatic rings. The number of para-hydroxylation sites is 1. The number of carbonyl (C=O) groups excluding carboxylic acids is 2. The minimum absolute atomic E-state index is 0.209. The molecule has 0 aliphatic heterocycles. The first-order valence-corrected chi connectivity index (χ1v) is 8.57. The maximum Gasteiger partial charge on any atom is 0.271 e. The molecule has 7 nitrogen and oxygen atoms in total. The van der Waals surface area contributed by atoms with E-state index in [9.17, 15) is 9.59 Å². The van der Waals surface area contributed by atoms with Crippen LogP contribution in [0, 0.1) is 0 Å². The Bertz CT molecular complexity index is 916. The van der Waals surface area contributed by atoms with E-state index in [0.29, 0.717) is 13.2 Å². The number of nitrogens with one attached hydrogen (secondary N) is 1. The third kappa shape index (κ3) is 3.70. The van der Waals surface area contributed by atoms with E-state index in [4.69, 9.17) is 10.5 Å². The zero-order valence-electron chi connectivity index (χ0n) is 13.7. The van der Waals surface area contributed by atoms with Crippen molar-refractivity contribution in [3.05, 3.63) is 41.4 Å². The number of nitrogens with zero attached hydrogens (tertiary/aromatic N) is 2. The van der Waals surface area contributed by atoms with Gasteiger partial charge in [0.05, 0.1) is 18.8 Å². The van der Waals surface area contributed by atoms with Crippen LogP contribution in [0.1, 0.15) is 10.5 Å². The minimum atomic E-state index is -0.594. The molecule has 0 spiro atoms. The van der Waals surface area contributed by atoms with E-state index in [2.05, 4.69) is 20.9 Å². The standard InChI is InChI=1S/C17H18N4O3S/c1-24-7-6-21-13-5-3-2-4-11(13)8-14(21)17-20-12(10-25-17)16(23)19-9-15(18)22/h2-5,8,10H,6-7,9H2,1H3,(H2,18,22)(H,19,23). The average Bonchev–Trinajstić information content (AvgIpc) is 3.22. The SMILES string of the molecule is COCCn1c(-c2nc(C(=O)NCC(N)=O)cs2)cc2ccccc21. The fourth-order valence-corrected chi connectivity index (χ4v) is 3.39. The summed E-state index contributed by atoms with van der Waals surface area (Å²) in [6, 6.07) is 10.1. The van der Waals surface area contributed by atoms with E-state index in [1.807, 2.05) is 24.3 Å². The second-order valence-electron chi connectivity index (χ2n) is 5.42. The van der Waals surface area contributed by atoms with Crippen LogP contribution >= 0.6 is 11.3 Å². The van der Waals surface area contributed by atoms with Gasteiger partial charge in [-0.25, -0.2) is 4.98 Å². The number of benzene rings is 1. The summed E-state index contributed by atoms with van der Waals surface area (Å²) < 4.78 is 7.33. The van der Waals surface area contributed by atoms with Gasteiger partial charge in [0.15, 0.2) is 0 Å². The lowest BCUT2D eigenvalue weighted by molar-refractivity contribution is -0.117. The zero-order chi connectivity index (χ0) is 17.8. The quantitative estimate of drug-likeness (QED) is 0.670. The first kappa shape index (κ1) is 17.1. The van der Waals surface area contributed by atoms with Gasteiger partial charge in [-0.1, -0.05) is 18.2 Å². The predicted molar refractivity (Wildman–Crippen MR) is 96.4 cm³/mol. The highest BCUT2D eigenvalue weighted by atomic mass is 32.1. The number of hydrogen-bond donors (Lipinski definition) is 2. The van der Waals surface area contributed by atoms with Gasteiger partial charge in [0.1, 0.15) is 10.7 Å². The Kier molecular flexibility index (Phi) is 5.11. The zero-order valence-corrected chi connectivity index (χ0v) is 14.5. The van der Waals surface area contributed by atoms with Crippen LogP contribution in [0.2, 0.25) is 0 Å². The van der Waals surface area contributed by atoms with Crippen LogP contribution < -0.4 is 11.1 Å².